The van der Waals surface area contributed by atoms with E-state index in [2.05, 4.69) is 5.32 Å². The van der Waals surface area contributed by atoms with Crippen LogP contribution in [0.3, 0.4) is 0 Å². The van der Waals surface area contributed by atoms with Crippen LogP contribution < -0.4 is 5.32 Å². The quantitative estimate of drug-likeness (QED) is 0.789. The number of nitrogens with zero attached hydrogens (tertiary/aromatic N) is 1. The molecule has 0 saturated carbocycles. The highest BCUT2D eigenvalue weighted by atomic mass is 16.4. The summed E-state index contributed by atoms with van der Waals surface area (Å²) >= 11 is 0. The second kappa shape index (κ2) is 6.04. The zero-order valence-electron chi connectivity index (χ0n) is 10.5. The first-order chi connectivity index (χ1) is 9.18. The monoisotopic (exact) mass is 260 g/mol. The van der Waals surface area contributed by atoms with E-state index in [1.54, 1.807) is 0 Å². The van der Waals surface area contributed by atoms with Gasteiger partial charge in [0.25, 0.3) is 0 Å². The first-order valence-electron chi connectivity index (χ1n) is 6.17. The van der Waals surface area contributed by atoms with Gasteiger partial charge in [0.2, 0.25) is 5.91 Å². The molecule has 0 aromatic heterocycles. The Balaban J connectivity index is 1.84. The van der Waals surface area contributed by atoms with E-state index in [0.717, 1.165) is 5.56 Å². The number of hydrogen-bond donors (Lipinski definition) is 2. The second-order valence-electron chi connectivity index (χ2n) is 4.34. The lowest BCUT2D eigenvalue weighted by Crippen LogP contribution is -2.63. The van der Waals surface area contributed by atoms with Crippen molar-refractivity contribution in [2.75, 3.05) is 13.1 Å². The SMILES string of the molecule is O=C1NCC1N(CC/C=C\c1ccccc1)C(=O)O. The molecule has 1 fully saturated rings. The van der Waals surface area contributed by atoms with Gasteiger partial charge in [0.05, 0.1) is 0 Å². The van der Waals surface area contributed by atoms with Crippen LogP contribution in [-0.2, 0) is 4.79 Å². The molecule has 0 radical (unpaired) electrons. The van der Waals surface area contributed by atoms with Crippen molar-refractivity contribution in [3.8, 4) is 0 Å². The Kier molecular flexibility index (Phi) is 4.18. The fourth-order valence-corrected chi connectivity index (χ4v) is 1.91. The predicted octanol–water partition coefficient (Wildman–Crippen LogP) is 1.57. The summed E-state index contributed by atoms with van der Waals surface area (Å²) < 4.78 is 0. The average molecular weight is 260 g/mol. The van der Waals surface area contributed by atoms with Crippen LogP contribution in [0.1, 0.15) is 12.0 Å². The lowest BCUT2D eigenvalue weighted by molar-refractivity contribution is -0.132. The molecule has 0 aliphatic carbocycles. The molecule has 1 saturated heterocycles. The lowest BCUT2D eigenvalue weighted by Gasteiger charge is -2.34. The van der Waals surface area contributed by atoms with Gasteiger partial charge >= 0.3 is 6.09 Å². The Morgan fingerprint density at radius 2 is 2.16 bits per heavy atom. The van der Waals surface area contributed by atoms with Gasteiger partial charge in [-0.3, -0.25) is 9.69 Å². The topological polar surface area (TPSA) is 69.6 Å². The zero-order chi connectivity index (χ0) is 13.7. The summed E-state index contributed by atoms with van der Waals surface area (Å²) in [5.41, 5.74) is 1.07. The van der Waals surface area contributed by atoms with Crippen LogP contribution in [0.15, 0.2) is 36.4 Å². The van der Waals surface area contributed by atoms with Gasteiger partial charge < -0.3 is 10.4 Å². The fraction of sp³-hybridized carbons (Fsp3) is 0.286. The van der Waals surface area contributed by atoms with Crippen molar-refractivity contribution in [2.45, 2.75) is 12.5 Å². The molecular weight excluding hydrogens is 244 g/mol. The number of carboxylic acid groups (broad SMARTS) is 1. The third-order valence-electron chi connectivity index (χ3n) is 3.04. The molecule has 0 spiro atoms. The Morgan fingerprint density at radius 3 is 2.68 bits per heavy atom. The zero-order valence-corrected chi connectivity index (χ0v) is 10.5. The summed E-state index contributed by atoms with van der Waals surface area (Å²) in [5.74, 6) is -0.213. The van der Waals surface area contributed by atoms with Crippen LogP contribution in [0.25, 0.3) is 6.08 Å². The standard InChI is InChI=1S/C14H16N2O3/c17-13-12(10-15-13)16(14(18)19)9-5-4-8-11-6-2-1-3-7-11/h1-4,6-8,12H,5,9-10H2,(H,15,17)(H,18,19)/b8-4-. The van der Waals surface area contributed by atoms with E-state index in [-0.39, 0.29) is 5.91 Å². The molecule has 19 heavy (non-hydrogen) atoms. The number of hydrogen-bond acceptors (Lipinski definition) is 2. The third-order valence-corrected chi connectivity index (χ3v) is 3.04. The van der Waals surface area contributed by atoms with Crippen molar-refractivity contribution in [3.63, 3.8) is 0 Å². The van der Waals surface area contributed by atoms with Crippen molar-refractivity contribution >= 4 is 18.1 Å². The highest BCUT2D eigenvalue weighted by molar-refractivity contribution is 5.90. The molecule has 1 unspecified atom stereocenters. The molecule has 5 nitrogen and oxygen atoms in total. The van der Waals surface area contributed by atoms with Gasteiger partial charge in [-0.15, -0.1) is 0 Å². The Bertz CT molecular complexity index is 485. The minimum atomic E-state index is -1.05. The summed E-state index contributed by atoms with van der Waals surface area (Å²) in [6.45, 7) is 0.740. The van der Waals surface area contributed by atoms with E-state index in [1.165, 1.54) is 4.90 Å². The Morgan fingerprint density at radius 1 is 1.42 bits per heavy atom. The van der Waals surface area contributed by atoms with Gasteiger partial charge in [-0.2, -0.15) is 0 Å². The van der Waals surface area contributed by atoms with Crippen LogP contribution in [0.4, 0.5) is 4.79 Å². The van der Waals surface area contributed by atoms with Gasteiger partial charge in [0.15, 0.2) is 0 Å². The average Bonchev–Trinajstić information content (AvgIpc) is 2.41. The van der Waals surface area contributed by atoms with Crippen LogP contribution in [0, 0.1) is 0 Å². The van der Waals surface area contributed by atoms with E-state index < -0.39 is 12.1 Å². The van der Waals surface area contributed by atoms with Gasteiger partial charge in [0.1, 0.15) is 6.04 Å². The number of rotatable bonds is 5. The van der Waals surface area contributed by atoms with Crippen molar-refractivity contribution in [1.29, 1.82) is 0 Å². The second-order valence-corrected chi connectivity index (χ2v) is 4.34. The largest absolute Gasteiger partial charge is 0.465 e. The highest BCUT2D eigenvalue weighted by Gasteiger charge is 2.35. The maximum atomic E-state index is 11.2. The smallest absolute Gasteiger partial charge is 0.408 e. The molecule has 1 aliphatic heterocycles. The van der Waals surface area contributed by atoms with Crippen LogP contribution in [0.2, 0.25) is 0 Å². The van der Waals surface area contributed by atoms with Crippen LogP contribution >= 0.6 is 0 Å². The van der Waals surface area contributed by atoms with E-state index in [4.69, 9.17) is 5.11 Å². The summed E-state index contributed by atoms with van der Waals surface area (Å²) in [6, 6.07) is 9.26. The molecule has 2 N–H and O–H groups in total. The third kappa shape index (κ3) is 3.34. The minimum absolute atomic E-state index is 0.213. The van der Waals surface area contributed by atoms with Crippen LogP contribution in [-0.4, -0.2) is 41.1 Å². The molecule has 100 valence electrons. The molecule has 1 aliphatic rings. The van der Waals surface area contributed by atoms with E-state index in [1.807, 2.05) is 42.5 Å². The molecule has 2 amide bonds. The number of amides is 2. The van der Waals surface area contributed by atoms with Crippen molar-refractivity contribution < 1.29 is 14.7 Å². The predicted molar refractivity (Wildman–Crippen MR) is 71.6 cm³/mol. The summed E-state index contributed by atoms with van der Waals surface area (Å²) in [6.07, 6.45) is 3.40. The summed E-state index contributed by atoms with van der Waals surface area (Å²) in [4.78, 5) is 23.5. The van der Waals surface area contributed by atoms with E-state index in [9.17, 15) is 9.59 Å². The van der Waals surface area contributed by atoms with Gasteiger partial charge in [-0.05, 0) is 12.0 Å². The van der Waals surface area contributed by atoms with E-state index >= 15 is 0 Å². The molecular formula is C14H16N2O3. The molecule has 1 atom stereocenters. The molecule has 1 aromatic carbocycles. The molecule has 0 bridgehead atoms. The minimum Gasteiger partial charge on any atom is -0.465 e. The Labute approximate surface area is 111 Å². The summed E-state index contributed by atoms with van der Waals surface area (Å²) in [7, 11) is 0. The molecule has 2 rings (SSSR count). The van der Waals surface area contributed by atoms with Crippen molar-refractivity contribution in [3.05, 3.63) is 42.0 Å². The summed E-state index contributed by atoms with van der Waals surface area (Å²) in [5, 5.41) is 11.6. The van der Waals surface area contributed by atoms with E-state index in [0.29, 0.717) is 19.5 Å². The number of β-lactam (4-membered cyclic amide) rings is 1. The highest BCUT2D eigenvalue weighted by Crippen LogP contribution is 2.09. The van der Waals surface area contributed by atoms with Gasteiger partial charge in [-0.1, -0.05) is 42.5 Å². The number of nitrogens with one attached hydrogen (secondary N) is 1. The van der Waals surface area contributed by atoms with Crippen molar-refractivity contribution in [1.82, 2.24) is 10.2 Å². The number of benzene rings is 1. The van der Waals surface area contributed by atoms with Crippen molar-refractivity contribution in [2.24, 2.45) is 0 Å². The van der Waals surface area contributed by atoms with Gasteiger partial charge in [0, 0.05) is 13.1 Å². The molecule has 1 heterocycles. The number of carbonyl (C=O) groups is 2. The van der Waals surface area contributed by atoms with Crippen LogP contribution in [0.5, 0.6) is 0 Å². The first-order valence-corrected chi connectivity index (χ1v) is 6.17. The molecule has 5 heteroatoms. The molecule has 1 aromatic rings. The maximum absolute atomic E-state index is 11.2. The lowest BCUT2D eigenvalue weighted by atomic mass is 10.1. The number of carbonyl (C=O) groups excluding carboxylic acids is 1. The normalized spacial score (nSPS) is 17.9. The maximum Gasteiger partial charge on any atom is 0.408 e. The Hall–Kier alpha value is -2.30. The first kappa shape index (κ1) is 13.1. The van der Waals surface area contributed by atoms with Gasteiger partial charge in [-0.25, -0.2) is 4.79 Å². The fourth-order valence-electron chi connectivity index (χ4n) is 1.91.